The number of fused-ring (bicyclic) bond motifs is 3. The van der Waals surface area contributed by atoms with Crippen LogP contribution in [0.1, 0.15) is 28.0 Å². The maximum absolute atomic E-state index is 13.4. The molecule has 180 valence electrons. The molecule has 0 spiro atoms. The van der Waals surface area contributed by atoms with Crippen LogP contribution in [0.3, 0.4) is 0 Å². The maximum atomic E-state index is 13.4. The van der Waals surface area contributed by atoms with E-state index < -0.39 is 23.5 Å². The highest BCUT2D eigenvalue weighted by atomic mass is 32.2. The molecule has 8 heteroatoms. The number of carbonyl (C=O) groups excluding carboxylic acids is 1. The predicted molar refractivity (Wildman–Crippen MR) is 133 cm³/mol. The Morgan fingerprint density at radius 2 is 1.60 bits per heavy atom. The summed E-state index contributed by atoms with van der Waals surface area (Å²) in [5, 5.41) is 9.27. The zero-order valence-corrected chi connectivity index (χ0v) is 20.2. The third-order valence-corrected chi connectivity index (χ3v) is 7.84. The predicted octanol–water partition coefficient (Wildman–Crippen LogP) is 5.15. The number of nitrogens with zero attached hydrogens (tertiary/aromatic N) is 1. The summed E-state index contributed by atoms with van der Waals surface area (Å²) < 4.78 is 16.6. The first-order valence-electron chi connectivity index (χ1n) is 11.2. The van der Waals surface area contributed by atoms with Crippen LogP contribution in [0.15, 0.2) is 66.7 Å². The molecule has 0 bridgehead atoms. The van der Waals surface area contributed by atoms with Gasteiger partial charge in [0.25, 0.3) is 0 Å². The Balaban J connectivity index is 1.42. The van der Waals surface area contributed by atoms with Crippen LogP contribution in [-0.2, 0) is 9.53 Å². The lowest BCUT2D eigenvalue weighted by atomic mass is 9.98. The second-order valence-corrected chi connectivity index (χ2v) is 9.47. The molecule has 3 aromatic rings. The van der Waals surface area contributed by atoms with E-state index in [1.54, 1.807) is 25.3 Å². The van der Waals surface area contributed by atoms with Gasteiger partial charge in [-0.15, -0.1) is 11.8 Å². The molecule has 1 fully saturated rings. The summed E-state index contributed by atoms with van der Waals surface area (Å²) >= 11 is 1.37. The fourth-order valence-corrected chi connectivity index (χ4v) is 6.29. The number of hydrogen-bond donors (Lipinski definition) is 1. The smallest absolute Gasteiger partial charge is 0.411 e. The van der Waals surface area contributed by atoms with E-state index in [9.17, 15) is 14.7 Å². The van der Waals surface area contributed by atoms with Gasteiger partial charge >= 0.3 is 12.1 Å². The molecule has 2 atom stereocenters. The van der Waals surface area contributed by atoms with E-state index in [0.717, 1.165) is 22.3 Å². The third kappa shape index (κ3) is 4.08. The Bertz CT molecular complexity index is 1230. The van der Waals surface area contributed by atoms with Crippen molar-refractivity contribution in [3.63, 3.8) is 0 Å². The van der Waals surface area contributed by atoms with Gasteiger partial charge in [-0.1, -0.05) is 48.5 Å². The summed E-state index contributed by atoms with van der Waals surface area (Å²) in [7, 11) is 3.09. The number of benzene rings is 3. The highest BCUT2D eigenvalue weighted by molar-refractivity contribution is 7.99. The van der Waals surface area contributed by atoms with Gasteiger partial charge in [0, 0.05) is 23.3 Å². The number of hydrogen-bond acceptors (Lipinski definition) is 6. The number of carboxylic acids is 1. The van der Waals surface area contributed by atoms with Crippen molar-refractivity contribution >= 4 is 23.8 Å². The van der Waals surface area contributed by atoms with Crippen LogP contribution in [0.2, 0.25) is 0 Å². The molecule has 5 rings (SSSR count). The number of methoxy groups -OCH3 is 2. The number of aliphatic carboxylic acids is 1. The monoisotopic (exact) mass is 491 g/mol. The Morgan fingerprint density at radius 1 is 0.943 bits per heavy atom. The average molecular weight is 492 g/mol. The second kappa shape index (κ2) is 9.54. The van der Waals surface area contributed by atoms with E-state index in [1.807, 2.05) is 36.4 Å². The second-order valence-electron chi connectivity index (χ2n) is 8.36. The van der Waals surface area contributed by atoms with E-state index in [0.29, 0.717) is 17.1 Å². The van der Waals surface area contributed by atoms with Crippen molar-refractivity contribution in [3.8, 4) is 22.6 Å². The molecule has 0 aromatic heterocycles. The summed E-state index contributed by atoms with van der Waals surface area (Å²) in [5.41, 5.74) is 5.15. The van der Waals surface area contributed by atoms with E-state index in [1.165, 1.54) is 23.8 Å². The zero-order chi connectivity index (χ0) is 24.5. The third-order valence-electron chi connectivity index (χ3n) is 6.54. The van der Waals surface area contributed by atoms with Crippen LogP contribution in [0.5, 0.6) is 11.5 Å². The molecular formula is C27H25NO6S. The summed E-state index contributed by atoms with van der Waals surface area (Å²) in [6, 6.07) is 20.4. The van der Waals surface area contributed by atoms with Gasteiger partial charge in [-0.05, 0) is 34.4 Å². The van der Waals surface area contributed by atoms with E-state index >= 15 is 0 Å². The number of carboxylic acid groups (broad SMARTS) is 1. The molecule has 3 aromatic carbocycles. The topological polar surface area (TPSA) is 85.3 Å². The molecule has 1 amide bonds. The number of carbonyl (C=O) groups is 2. The fourth-order valence-electron chi connectivity index (χ4n) is 4.85. The van der Waals surface area contributed by atoms with Crippen LogP contribution in [0.4, 0.5) is 4.79 Å². The van der Waals surface area contributed by atoms with Crippen molar-refractivity contribution in [1.82, 2.24) is 4.90 Å². The van der Waals surface area contributed by atoms with Crippen molar-refractivity contribution in [2.24, 2.45) is 0 Å². The van der Waals surface area contributed by atoms with Crippen molar-refractivity contribution in [1.29, 1.82) is 0 Å². The van der Waals surface area contributed by atoms with Crippen molar-refractivity contribution in [2.75, 3.05) is 26.6 Å². The maximum Gasteiger partial charge on any atom is 0.411 e. The Morgan fingerprint density at radius 3 is 2.20 bits per heavy atom. The van der Waals surface area contributed by atoms with Crippen LogP contribution in [0.25, 0.3) is 11.1 Å². The summed E-state index contributed by atoms with van der Waals surface area (Å²) in [6.45, 7) is 0.118. The molecule has 2 aliphatic rings. The lowest BCUT2D eigenvalue weighted by Crippen LogP contribution is -2.43. The Hall–Kier alpha value is -3.65. The number of amides is 1. The quantitative estimate of drug-likeness (QED) is 0.510. The van der Waals surface area contributed by atoms with Gasteiger partial charge in [-0.3, -0.25) is 4.90 Å². The molecule has 7 nitrogen and oxygen atoms in total. The van der Waals surface area contributed by atoms with Gasteiger partial charge in [0.2, 0.25) is 0 Å². The first-order chi connectivity index (χ1) is 17.0. The van der Waals surface area contributed by atoms with E-state index in [-0.39, 0.29) is 18.3 Å². The Kier molecular flexibility index (Phi) is 6.30. The molecule has 1 heterocycles. The van der Waals surface area contributed by atoms with Gasteiger partial charge < -0.3 is 19.3 Å². The largest absolute Gasteiger partial charge is 0.497 e. The summed E-state index contributed by atoms with van der Waals surface area (Å²) in [6.07, 6.45) is -0.660. The highest BCUT2D eigenvalue weighted by Gasteiger charge is 2.45. The van der Waals surface area contributed by atoms with Crippen molar-refractivity contribution < 1.29 is 28.9 Å². The first-order valence-corrected chi connectivity index (χ1v) is 12.3. The minimum absolute atomic E-state index is 0.112. The number of ether oxygens (including phenoxy) is 3. The van der Waals surface area contributed by atoms with Crippen LogP contribution >= 0.6 is 11.8 Å². The minimum atomic E-state index is -1.07. The average Bonchev–Trinajstić information content (AvgIpc) is 3.47. The molecule has 1 N–H and O–H groups in total. The standard InChI is InChI=1S/C27H25NO6S/c1-32-16-11-12-21(24(13-16)33-2)25-28(23(15-35-25)26(29)30)27(31)34-14-22-19-9-5-3-7-17(19)18-8-4-6-10-20(18)22/h3-13,22-23,25H,14-15H2,1-2H3,(H,29,30)/t23-,25?/m0/s1. The molecule has 1 unspecified atom stereocenters. The zero-order valence-electron chi connectivity index (χ0n) is 19.3. The van der Waals surface area contributed by atoms with Crippen LogP contribution in [0, 0.1) is 0 Å². The summed E-state index contributed by atoms with van der Waals surface area (Å²) in [4.78, 5) is 26.7. The molecule has 0 saturated carbocycles. The van der Waals surface area contributed by atoms with Crippen LogP contribution in [-0.4, -0.2) is 54.7 Å². The molecule has 1 aliphatic heterocycles. The molecule has 1 saturated heterocycles. The van der Waals surface area contributed by atoms with Crippen LogP contribution < -0.4 is 9.47 Å². The normalized spacial score (nSPS) is 18.6. The van der Waals surface area contributed by atoms with Gasteiger partial charge in [0.15, 0.2) is 0 Å². The minimum Gasteiger partial charge on any atom is -0.497 e. The summed E-state index contributed by atoms with van der Waals surface area (Å²) in [5.74, 6) is 0.194. The lowest BCUT2D eigenvalue weighted by molar-refractivity contribution is -0.141. The van der Waals surface area contributed by atoms with E-state index in [2.05, 4.69) is 12.1 Å². The number of rotatable bonds is 6. The van der Waals surface area contributed by atoms with Gasteiger partial charge in [0.05, 0.1) is 14.2 Å². The van der Waals surface area contributed by atoms with Gasteiger partial charge in [-0.2, -0.15) is 0 Å². The van der Waals surface area contributed by atoms with Crippen molar-refractivity contribution in [3.05, 3.63) is 83.4 Å². The van der Waals surface area contributed by atoms with Crippen molar-refractivity contribution in [2.45, 2.75) is 17.3 Å². The number of thioether (sulfide) groups is 1. The first kappa shape index (κ1) is 23.1. The molecule has 35 heavy (non-hydrogen) atoms. The highest BCUT2D eigenvalue weighted by Crippen LogP contribution is 2.47. The fraction of sp³-hybridized carbons (Fsp3) is 0.259. The van der Waals surface area contributed by atoms with Gasteiger partial charge in [0.1, 0.15) is 29.5 Å². The Labute approximate surface area is 207 Å². The molecule has 1 aliphatic carbocycles. The lowest BCUT2D eigenvalue weighted by Gasteiger charge is -2.28. The van der Waals surface area contributed by atoms with Gasteiger partial charge in [-0.25, -0.2) is 9.59 Å². The molecule has 0 radical (unpaired) electrons. The van der Waals surface area contributed by atoms with E-state index in [4.69, 9.17) is 14.2 Å². The SMILES string of the molecule is COc1ccc(C2SC[C@@H](C(=O)O)N2C(=O)OCC2c3ccccc3-c3ccccc32)c(OC)c1. The molecular weight excluding hydrogens is 466 g/mol.